The van der Waals surface area contributed by atoms with Crippen LogP contribution in [0.3, 0.4) is 0 Å². The highest BCUT2D eigenvalue weighted by atomic mass is 35.7. The molecule has 10 nitrogen and oxygen atoms in total. The highest BCUT2D eigenvalue weighted by molar-refractivity contribution is 7.83. The number of imidazole rings is 1. The van der Waals surface area contributed by atoms with Crippen molar-refractivity contribution in [1.29, 1.82) is 0 Å². The molecule has 55 heavy (non-hydrogen) atoms. The molecular weight excluding hydrogens is 729 g/mol. The van der Waals surface area contributed by atoms with Gasteiger partial charge in [-0.15, -0.1) is 0 Å². The van der Waals surface area contributed by atoms with Crippen LogP contribution in [0.5, 0.6) is 0 Å². The van der Waals surface area contributed by atoms with Gasteiger partial charge in [-0.05, 0) is 71.2 Å². The average molecular weight is 774 g/mol. The van der Waals surface area contributed by atoms with E-state index in [9.17, 15) is 9.36 Å². The van der Waals surface area contributed by atoms with Crippen molar-refractivity contribution in [2.24, 2.45) is 11.8 Å². The number of piperidine rings is 2. The Morgan fingerprint density at radius 3 is 1.96 bits per heavy atom. The number of rotatable bonds is 11. The summed E-state index contributed by atoms with van der Waals surface area (Å²) in [4.78, 5) is 29.6. The second kappa shape index (κ2) is 16.2. The first kappa shape index (κ1) is 37.2. The van der Waals surface area contributed by atoms with Gasteiger partial charge < -0.3 is 14.4 Å². The zero-order chi connectivity index (χ0) is 37.8. The fourth-order valence-corrected chi connectivity index (χ4v) is 10.2. The number of benzene rings is 4. The van der Waals surface area contributed by atoms with E-state index in [4.69, 9.17) is 25.7 Å². The van der Waals surface area contributed by atoms with E-state index in [1.54, 1.807) is 18.5 Å². The van der Waals surface area contributed by atoms with Crippen molar-refractivity contribution in [3.63, 3.8) is 0 Å². The molecule has 3 atom stereocenters. The number of hydrogen-bond donors (Lipinski definition) is 1. The van der Waals surface area contributed by atoms with Crippen LogP contribution in [0.4, 0.5) is 5.82 Å². The van der Waals surface area contributed by atoms with Gasteiger partial charge in [-0.3, -0.25) is 14.3 Å². The van der Waals surface area contributed by atoms with Gasteiger partial charge in [0.05, 0.1) is 18.5 Å². The number of carbonyl (C=O) groups excluding carboxylic acids is 1. The molecule has 1 N–H and O–H groups in total. The van der Waals surface area contributed by atoms with E-state index >= 15 is 0 Å². The van der Waals surface area contributed by atoms with Crippen LogP contribution >= 0.6 is 18.1 Å². The van der Waals surface area contributed by atoms with Crippen molar-refractivity contribution < 1.29 is 13.9 Å². The van der Waals surface area contributed by atoms with Gasteiger partial charge in [-0.1, -0.05) is 116 Å². The van der Waals surface area contributed by atoms with Crippen LogP contribution in [0.2, 0.25) is 0 Å². The minimum Gasteiger partial charge on any atom is -0.311 e. The van der Waals surface area contributed by atoms with Gasteiger partial charge in [0.2, 0.25) is 0 Å². The molecule has 0 bridgehead atoms. The van der Waals surface area contributed by atoms with E-state index in [2.05, 4.69) is 99.5 Å². The molecule has 0 radical (unpaired) electrons. The molecule has 0 spiro atoms. The smallest absolute Gasteiger partial charge is 0.311 e. The monoisotopic (exact) mass is 773 g/mol. The van der Waals surface area contributed by atoms with Crippen molar-refractivity contribution in [2.45, 2.75) is 37.8 Å². The SMILES string of the molecule is CC1CCN(P(=O)(Cl)OC[C@H]2C[C@@H](n3cnc4c(NC(=O)c5ccccc5)ncnc43)CN(C(c3ccccc3)(c3ccccc3)c3ccccc3)C2)CC1. The Hall–Kier alpha value is -4.70. The number of carbonyl (C=O) groups is 1. The van der Waals surface area contributed by atoms with Gasteiger partial charge in [0.1, 0.15) is 6.33 Å². The lowest BCUT2D eigenvalue weighted by Crippen LogP contribution is -2.55. The number of fused-ring (bicyclic) bond motifs is 1. The topological polar surface area (TPSA) is 105 Å². The molecule has 1 unspecified atom stereocenters. The third-order valence-electron chi connectivity index (χ3n) is 11.2. The number of aromatic nitrogens is 4. The summed E-state index contributed by atoms with van der Waals surface area (Å²) in [5.74, 6) is 0.574. The summed E-state index contributed by atoms with van der Waals surface area (Å²) in [6.07, 6.45) is 5.83. The van der Waals surface area contributed by atoms with E-state index in [-0.39, 0.29) is 24.5 Å². The highest BCUT2D eigenvalue weighted by Crippen LogP contribution is 2.58. The van der Waals surface area contributed by atoms with Gasteiger partial charge in [0.25, 0.3) is 5.91 Å². The summed E-state index contributed by atoms with van der Waals surface area (Å²) >= 11 is 6.79. The zero-order valence-corrected chi connectivity index (χ0v) is 32.5. The maximum absolute atomic E-state index is 14.0. The summed E-state index contributed by atoms with van der Waals surface area (Å²) < 4.78 is 24.2. The molecule has 2 aromatic heterocycles. The van der Waals surface area contributed by atoms with E-state index in [1.165, 1.54) is 6.33 Å². The first-order valence-electron chi connectivity index (χ1n) is 19.0. The van der Waals surface area contributed by atoms with E-state index in [0.717, 1.165) is 29.5 Å². The molecular formula is C43H45ClN7O3P. The van der Waals surface area contributed by atoms with E-state index in [0.29, 0.717) is 61.1 Å². The van der Waals surface area contributed by atoms with Gasteiger partial charge in [0, 0.05) is 37.8 Å². The van der Waals surface area contributed by atoms with Gasteiger partial charge in [0.15, 0.2) is 17.0 Å². The first-order chi connectivity index (χ1) is 26.8. The van der Waals surface area contributed by atoms with Crippen LogP contribution in [0.25, 0.3) is 11.2 Å². The van der Waals surface area contributed by atoms with Crippen molar-refractivity contribution >= 4 is 41.0 Å². The Balaban J connectivity index is 1.21. The largest absolute Gasteiger partial charge is 0.363 e. The summed E-state index contributed by atoms with van der Waals surface area (Å²) in [6, 6.07) is 40.8. The number of halogens is 1. The fourth-order valence-electron chi connectivity index (χ4n) is 8.35. The first-order valence-corrected chi connectivity index (χ1v) is 21.5. The molecule has 4 heterocycles. The molecule has 1 amide bonds. The minimum absolute atomic E-state index is 0.0680. The van der Waals surface area contributed by atoms with E-state index < -0.39 is 12.4 Å². The number of likely N-dealkylation sites (tertiary alicyclic amines) is 1. The molecule has 0 aliphatic carbocycles. The molecule has 2 aliphatic heterocycles. The second-order valence-electron chi connectivity index (χ2n) is 14.7. The standard InChI is InChI=1S/C43H45ClN7O3P/c1-32-22-24-50(25-23-32)55(44,53)54-29-33-26-38(51-31-47-39-40(45-30-46-41(39)51)48-42(52)34-14-6-2-7-15-34)28-49(27-33)43(35-16-8-3-9-17-35,36-18-10-4-11-19-36)37-20-12-5-13-21-37/h2-21,30-33,38H,22-29H2,1H3,(H,45,46,48,52)/t33-,38+,55?/m0/s1. The van der Waals surface area contributed by atoms with E-state index in [1.807, 2.05) is 41.1 Å². The molecule has 2 aliphatic rings. The summed E-state index contributed by atoms with van der Waals surface area (Å²) in [5.41, 5.74) is 4.32. The number of anilines is 1. The molecule has 8 rings (SSSR count). The minimum atomic E-state index is -3.55. The maximum atomic E-state index is 14.0. The Labute approximate surface area is 326 Å². The Morgan fingerprint density at radius 2 is 1.38 bits per heavy atom. The molecule has 4 aromatic carbocycles. The van der Waals surface area contributed by atoms with Crippen molar-refractivity contribution in [3.05, 3.63) is 156 Å². The maximum Gasteiger partial charge on any atom is 0.363 e. The molecule has 6 aromatic rings. The predicted molar refractivity (Wildman–Crippen MR) is 217 cm³/mol. The number of nitrogens with one attached hydrogen (secondary N) is 1. The second-order valence-corrected chi connectivity index (χ2v) is 17.7. The summed E-state index contributed by atoms with van der Waals surface area (Å²) in [7, 11) is 0. The van der Waals surface area contributed by atoms with Crippen molar-refractivity contribution in [3.8, 4) is 0 Å². The Bertz CT molecular complexity index is 2160. The molecule has 2 fully saturated rings. The van der Waals surface area contributed by atoms with Gasteiger partial charge in [-0.25, -0.2) is 19.6 Å². The number of nitrogens with zero attached hydrogens (tertiary/aromatic N) is 6. The van der Waals surface area contributed by atoms with Crippen LogP contribution < -0.4 is 5.32 Å². The Kier molecular flexibility index (Phi) is 11.0. The summed E-state index contributed by atoms with van der Waals surface area (Å²) in [6.45, 7) is 1.46. The lowest BCUT2D eigenvalue weighted by Gasteiger charge is -2.51. The van der Waals surface area contributed by atoms with Crippen LogP contribution in [0, 0.1) is 11.8 Å². The molecule has 282 valence electrons. The predicted octanol–water partition coefficient (Wildman–Crippen LogP) is 9.03. The van der Waals surface area contributed by atoms with Gasteiger partial charge in [-0.2, -0.15) is 0 Å². The number of hydrogen-bond acceptors (Lipinski definition) is 7. The van der Waals surface area contributed by atoms with Crippen LogP contribution in [0.15, 0.2) is 134 Å². The molecule has 0 saturated carbocycles. The normalized spacial score (nSPS) is 19.9. The zero-order valence-electron chi connectivity index (χ0n) is 30.8. The molecule has 12 heteroatoms. The van der Waals surface area contributed by atoms with Crippen LogP contribution in [-0.2, 0) is 14.6 Å². The van der Waals surface area contributed by atoms with Gasteiger partial charge >= 0.3 is 6.87 Å². The lowest BCUT2D eigenvalue weighted by atomic mass is 9.73. The fraction of sp³-hybridized carbons (Fsp3) is 0.302. The summed E-state index contributed by atoms with van der Waals surface area (Å²) in [5, 5.41) is 2.95. The average Bonchev–Trinajstić information content (AvgIpc) is 3.68. The van der Waals surface area contributed by atoms with Crippen molar-refractivity contribution in [2.75, 3.05) is 38.1 Å². The lowest BCUT2D eigenvalue weighted by molar-refractivity contribution is 0.0430. The number of amides is 1. The third-order valence-corrected chi connectivity index (χ3v) is 13.6. The van der Waals surface area contributed by atoms with Crippen LogP contribution in [0.1, 0.15) is 59.3 Å². The molecule has 2 saturated heterocycles. The van der Waals surface area contributed by atoms with Crippen molar-refractivity contribution in [1.82, 2.24) is 29.1 Å². The third kappa shape index (κ3) is 7.62. The Morgan fingerprint density at radius 1 is 0.818 bits per heavy atom. The van der Waals surface area contributed by atoms with Crippen LogP contribution in [-0.4, -0.2) is 67.8 Å². The highest BCUT2D eigenvalue weighted by Gasteiger charge is 2.46. The quantitative estimate of drug-likeness (QED) is 0.103.